The zero-order valence-corrected chi connectivity index (χ0v) is 10.1. The maximum atomic E-state index is 6.23. The van der Waals surface area contributed by atoms with Crippen molar-refractivity contribution >= 4 is 0 Å². The predicted octanol–water partition coefficient (Wildman–Crippen LogP) is 3.07. The van der Waals surface area contributed by atoms with Crippen molar-refractivity contribution < 1.29 is 0 Å². The van der Waals surface area contributed by atoms with Gasteiger partial charge < -0.3 is 5.73 Å². The van der Waals surface area contributed by atoms with Gasteiger partial charge in [-0.2, -0.15) is 0 Å². The molecule has 0 fully saturated rings. The van der Waals surface area contributed by atoms with E-state index in [0.29, 0.717) is 0 Å². The van der Waals surface area contributed by atoms with E-state index in [-0.39, 0.29) is 5.54 Å². The summed E-state index contributed by atoms with van der Waals surface area (Å²) in [5.41, 5.74) is 11.9. The van der Waals surface area contributed by atoms with E-state index in [2.05, 4.69) is 32.9 Å². The first-order chi connectivity index (χ1) is 7.00. The minimum absolute atomic E-state index is 0.199. The first kappa shape index (κ1) is 10.7. The fourth-order valence-corrected chi connectivity index (χ4v) is 2.65. The van der Waals surface area contributed by atoms with Gasteiger partial charge in [0.2, 0.25) is 0 Å². The van der Waals surface area contributed by atoms with Crippen LogP contribution in [0.5, 0.6) is 0 Å². The number of fused-ring (bicyclic) bond motifs is 1. The average Bonchev–Trinajstić information content (AvgIpc) is 2.17. The molecule has 1 aromatic rings. The van der Waals surface area contributed by atoms with Crippen LogP contribution in [0.1, 0.15) is 48.9 Å². The van der Waals surface area contributed by atoms with Crippen LogP contribution in [0.2, 0.25) is 0 Å². The molecular weight excluding hydrogens is 182 g/mol. The van der Waals surface area contributed by atoms with Gasteiger partial charge in [-0.15, -0.1) is 0 Å². The highest BCUT2D eigenvalue weighted by Gasteiger charge is 2.22. The molecule has 0 bridgehead atoms. The summed E-state index contributed by atoms with van der Waals surface area (Å²) in [4.78, 5) is 0. The van der Waals surface area contributed by atoms with Crippen molar-refractivity contribution in [3.05, 3.63) is 34.4 Å². The standard InChI is InChI=1S/C14H21N/c1-10-8-9-13(14(2,3)15)12-7-5-4-6-11(10)12/h8-9H,4-7,15H2,1-3H3. The van der Waals surface area contributed by atoms with Crippen LogP contribution in [-0.2, 0) is 18.4 Å². The van der Waals surface area contributed by atoms with Crippen LogP contribution in [-0.4, -0.2) is 0 Å². The summed E-state index contributed by atoms with van der Waals surface area (Å²) in [5.74, 6) is 0. The molecule has 0 amide bonds. The minimum atomic E-state index is -0.199. The van der Waals surface area contributed by atoms with Gasteiger partial charge in [0.05, 0.1) is 0 Å². The molecule has 0 aromatic heterocycles. The quantitative estimate of drug-likeness (QED) is 0.746. The molecule has 2 N–H and O–H groups in total. The first-order valence-corrected chi connectivity index (χ1v) is 5.91. The molecule has 0 saturated heterocycles. The average molecular weight is 203 g/mol. The third-order valence-corrected chi connectivity index (χ3v) is 3.46. The molecule has 0 radical (unpaired) electrons. The Morgan fingerprint density at radius 1 is 1.07 bits per heavy atom. The summed E-state index contributed by atoms with van der Waals surface area (Å²) in [6.45, 7) is 6.43. The number of nitrogens with two attached hydrogens (primary N) is 1. The Labute approximate surface area is 92.7 Å². The summed E-state index contributed by atoms with van der Waals surface area (Å²) in [6.07, 6.45) is 5.11. The molecule has 0 saturated carbocycles. The van der Waals surface area contributed by atoms with E-state index in [1.807, 2.05) is 0 Å². The van der Waals surface area contributed by atoms with Crippen LogP contribution in [0, 0.1) is 6.92 Å². The SMILES string of the molecule is Cc1ccc(C(C)(C)N)c2c1CCCC2. The normalized spacial score (nSPS) is 16.3. The lowest BCUT2D eigenvalue weighted by atomic mass is 9.80. The molecule has 2 rings (SSSR count). The van der Waals surface area contributed by atoms with Gasteiger partial charge in [-0.05, 0) is 68.7 Å². The molecule has 0 unspecified atom stereocenters. The Bertz CT molecular complexity index is 372. The van der Waals surface area contributed by atoms with Gasteiger partial charge in [0, 0.05) is 5.54 Å². The molecule has 1 heteroatoms. The fourth-order valence-electron chi connectivity index (χ4n) is 2.65. The van der Waals surface area contributed by atoms with Gasteiger partial charge in [-0.3, -0.25) is 0 Å². The molecule has 15 heavy (non-hydrogen) atoms. The molecule has 1 aromatic carbocycles. The van der Waals surface area contributed by atoms with Crippen LogP contribution in [0.15, 0.2) is 12.1 Å². The van der Waals surface area contributed by atoms with E-state index in [0.717, 1.165) is 0 Å². The highest BCUT2D eigenvalue weighted by Crippen LogP contribution is 2.31. The zero-order valence-electron chi connectivity index (χ0n) is 10.1. The lowest BCUT2D eigenvalue weighted by Gasteiger charge is -2.28. The molecule has 0 spiro atoms. The summed E-state index contributed by atoms with van der Waals surface area (Å²) in [6, 6.07) is 4.45. The van der Waals surface area contributed by atoms with Gasteiger partial charge in [0.15, 0.2) is 0 Å². The lowest BCUT2D eigenvalue weighted by molar-refractivity contribution is 0.537. The molecule has 82 valence electrons. The summed E-state index contributed by atoms with van der Waals surface area (Å²) >= 11 is 0. The Hall–Kier alpha value is -0.820. The van der Waals surface area contributed by atoms with E-state index in [4.69, 9.17) is 5.73 Å². The van der Waals surface area contributed by atoms with Crippen LogP contribution >= 0.6 is 0 Å². The molecule has 0 heterocycles. The van der Waals surface area contributed by atoms with Crippen molar-refractivity contribution in [3.8, 4) is 0 Å². The molecule has 0 atom stereocenters. The second-order valence-electron chi connectivity index (χ2n) is 5.32. The van der Waals surface area contributed by atoms with Crippen molar-refractivity contribution in [2.24, 2.45) is 5.73 Å². The third kappa shape index (κ3) is 1.93. The largest absolute Gasteiger partial charge is 0.322 e. The number of hydrogen-bond acceptors (Lipinski definition) is 1. The van der Waals surface area contributed by atoms with Crippen molar-refractivity contribution in [2.45, 2.75) is 52.0 Å². The second kappa shape index (κ2) is 3.64. The van der Waals surface area contributed by atoms with Crippen LogP contribution in [0.3, 0.4) is 0 Å². The number of hydrogen-bond donors (Lipinski definition) is 1. The highest BCUT2D eigenvalue weighted by molar-refractivity contribution is 5.44. The number of benzene rings is 1. The first-order valence-electron chi connectivity index (χ1n) is 5.91. The van der Waals surface area contributed by atoms with E-state index in [9.17, 15) is 0 Å². The fraction of sp³-hybridized carbons (Fsp3) is 0.571. The summed E-state index contributed by atoms with van der Waals surface area (Å²) in [5, 5.41) is 0. The van der Waals surface area contributed by atoms with E-state index in [1.165, 1.54) is 42.4 Å². The lowest BCUT2D eigenvalue weighted by Crippen LogP contribution is -2.31. The summed E-state index contributed by atoms with van der Waals surface area (Å²) in [7, 11) is 0. The third-order valence-electron chi connectivity index (χ3n) is 3.46. The van der Waals surface area contributed by atoms with Gasteiger partial charge in [-0.1, -0.05) is 12.1 Å². The van der Waals surface area contributed by atoms with Gasteiger partial charge in [0.1, 0.15) is 0 Å². The van der Waals surface area contributed by atoms with Crippen LogP contribution in [0.25, 0.3) is 0 Å². The summed E-state index contributed by atoms with van der Waals surface area (Å²) < 4.78 is 0. The van der Waals surface area contributed by atoms with Gasteiger partial charge in [-0.25, -0.2) is 0 Å². The molecule has 1 aliphatic carbocycles. The topological polar surface area (TPSA) is 26.0 Å². The zero-order chi connectivity index (χ0) is 11.1. The number of aryl methyl sites for hydroxylation is 1. The van der Waals surface area contributed by atoms with Crippen molar-refractivity contribution in [1.82, 2.24) is 0 Å². The van der Waals surface area contributed by atoms with Crippen molar-refractivity contribution in [1.29, 1.82) is 0 Å². The Morgan fingerprint density at radius 3 is 2.27 bits per heavy atom. The maximum absolute atomic E-state index is 6.23. The molecular formula is C14H21N. The van der Waals surface area contributed by atoms with E-state index in [1.54, 1.807) is 5.56 Å². The van der Waals surface area contributed by atoms with Gasteiger partial charge >= 0.3 is 0 Å². The monoisotopic (exact) mass is 203 g/mol. The number of rotatable bonds is 1. The van der Waals surface area contributed by atoms with E-state index < -0.39 is 0 Å². The molecule has 1 aliphatic rings. The predicted molar refractivity (Wildman–Crippen MR) is 65.0 cm³/mol. The van der Waals surface area contributed by atoms with Crippen LogP contribution < -0.4 is 5.73 Å². The molecule has 1 nitrogen and oxygen atoms in total. The van der Waals surface area contributed by atoms with Crippen LogP contribution in [0.4, 0.5) is 0 Å². The Morgan fingerprint density at radius 2 is 1.67 bits per heavy atom. The second-order valence-corrected chi connectivity index (χ2v) is 5.32. The smallest absolute Gasteiger partial charge is 0.0355 e. The maximum Gasteiger partial charge on any atom is 0.0355 e. The minimum Gasteiger partial charge on any atom is -0.322 e. The Balaban J connectivity index is 2.58. The van der Waals surface area contributed by atoms with Crippen molar-refractivity contribution in [3.63, 3.8) is 0 Å². The van der Waals surface area contributed by atoms with Gasteiger partial charge in [0.25, 0.3) is 0 Å². The molecule has 0 aliphatic heterocycles. The highest BCUT2D eigenvalue weighted by atomic mass is 14.7. The van der Waals surface area contributed by atoms with E-state index >= 15 is 0 Å². The Kier molecular flexibility index (Phi) is 2.59. The van der Waals surface area contributed by atoms with Crippen molar-refractivity contribution in [2.75, 3.05) is 0 Å².